The zero-order valence-electron chi connectivity index (χ0n) is 15.8. The zero-order chi connectivity index (χ0) is 19.7. The molecule has 0 radical (unpaired) electrons. The molecule has 2 aromatic heterocycles. The number of anilines is 1. The average Bonchev–Trinajstić information content (AvgIpc) is 3.15. The van der Waals surface area contributed by atoms with Gasteiger partial charge in [-0.1, -0.05) is 42.0 Å². The van der Waals surface area contributed by atoms with Gasteiger partial charge in [-0.15, -0.1) is 0 Å². The molecule has 6 nitrogen and oxygen atoms in total. The Kier molecular flexibility index (Phi) is 4.71. The SMILES string of the molecule is Cc1ccc(O)c(CN(C)c2ncnc3[nH]c(-c4ccc(CO)cc4)cc23)c1. The first-order valence-electron chi connectivity index (χ1n) is 9.08. The Balaban J connectivity index is 1.69. The second kappa shape index (κ2) is 7.32. The minimum atomic E-state index is 0.0270. The van der Waals surface area contributed by atoms with Gasteiger partial charge in [0.1, 0.15) is 23.5 Å². The lowest BCUT2D eigenvalue weighted by Gasteiger charge is -2.19. The number of benzene rings is 2. The molecular weight excluding hydrogens is 352 g/mol. The number of aliphatic hydroxyl groups is 1. The van der Waals surface area contributed by atoms with Gasteiger partial charge in [0, 0.05) is 24.8 Å². The van der Waals surface area contributed by atoms with E-state index in [0.717, 1.165) is 44.8 Å². The van der Waals surface area contributed by atoms with Crippen LogP contribution in [0.1, 0.15) is 16.7 Å². The molecule has 4 aromatic rings. The van der Waals surface area contributed by atoms with Crippen LogP contribution in [0.2, 0.25) is 0 Å². The van der Waals surface area contributed by atoms with Crippen molar-refractivity contribution in [2.24, 2.45) is 0 Å². The van der Waals surface area contributed by atoms with E-state index < -0.39 is 0 Å². The number of rotatable bonds is 5. The molecule has 2 aromatic carbocycles. The van der Waals surface area contributed by atoms with E-state index in [9.17, 15) is 10.2 Å². The van der Waals surface area contributed by atoms with Crippen molar-refractivity contribution in [2.75, 3.05) is 11.9 Å². The number of aromatic nitrogens is 3. The molecule has 6 heteroatoms. The fourth-order valence-corrected chi connectivity index (χ4v) is 3.35. The molecule has 0 saturated carbocycles. The maximum atomic E-state index is 10.2. The van der Waals surface area contributed by atoms with Crippen molar-refractivity contribution in [1.82, 2.24) is 15.0 Å². The maximum absolute atomic E-state index is 10.2. The van der Waals surface area contributed by atoms with Crippen LogP contribution in [0, 0.1) is 6.92 Å². The summed E-state index contributed by atoms with van der Waals surface area (Å²) in [5, 5.41) is 20.3. The van der Waals surface area contributed by atoms with Crippen molar-refractivity contribution in [2.45, 2.75) is 20.1 Å². The van der Waals surface area contributed by atoms with Crippen LogP contribution in [0.4, 0.5) is 5.82 Å². The Bertz CT molecular complexity index is 1120. The molecule has 4 rings (SSSR count). The number of hydrogen-bond donors (Lipinski definition) is 3. The van der Waals surface area contributed by atoms with Crippen LogP contribution in [0.25, 0.3) is 22.3 Å². The number of nitrogens with one attached hydrogen (secondary N) is 1. The standard InChI is InChI=1S/C22H22N4O2/c1-14-3-8-20(28)17(9-14)11-26(2)22-18-10-19(25-21(18)23-13-24-22)16-6-4-15(12-27)5-7-16/h3-10,13,27-28H,11-12H2,1-2H3,(H,23,24,25). The summed E-state index contributed by atoms with van der Waals surface area (Å²) in [6, 6.07) is 15.4. The largest absolute Gasteiger partial charge is 0.508 e. The lowest BCUT2D eigenvalue weighted by Crippen LogP contribution is -2.18. The summed E-state index contributed by atoms with van der Waals surface area (Å²) in [5.74, 6) is 1.07. The van der Waals surface area contributed by atoms with E-state index in [0.29, 0.717) is 6.54 Å². The summed E-state index contributed by atoms with van der Waals surface area (Å²) in [6.45, 7) is 2.57. The van der Waals surface area contributed by atoms with Crippen LogP contribution in [-0.2, 0) is 13.2 Å². The summed E-state index contributed by atoms with van der Waals surface area (Å²) in [7, 11) is 1.95. The fraction of sp³-hybridized carbons (Fsp3) is 0.182. The Hall–Kier alpha value is -3.38. The number of fused-ring (bicyclic) bond motifs is 1. The van der Waals surface area contributed by atoms with Crippen LogP contribution in [-0.4, -0.2) is 32.2 Å². The minimum absolute atomic E-state index is 0.0270. The Morgan fingerprint density at radius 1 is 1.04 bits per heavy atom. The van der Waals surface area contributed by atoms with Gasteiger partial charge in [-0.2, -0.15) is 0 Å². The van der Waals surface area contributed by atoms with Gasteiger partial charge in [0.25, 0.3) is 0 Å². The topological polar surface area (TPSA) is 85.3 Å². The number of nitrogens with zero attached hydrogens (tertiary/aromatic N) is 3. The third-order valence-electron chi connectivity index (χ3n) is 4.86. The van der Waals surface area contributed by atoms with Crippen molar-refractivity contribution < 1.29 is 10.2 Å². The van der Waals surface area contributed by atoms with Crippen LogP contribution >= 0.6 is 0 Å². The smallest absolute Gasteiger partial charge is 0.143 e. The van der Waals surface area contributed by atoms with Crippen LogP contribution < -0.4 is 4.90 Å². The maximum Gasteiger partial charge on any atom is 0.143 e. The highest BCUT2D eigenvalue weighted by molar-refractivity contribution is 5.91. The van der Waals surface area contributed by atoms with Gasteiger partial charge >= 0.3 is 0 Å². The lowest BCUT2D eigenvalue weighted by atomic mass is 10.1. The van der Waals surface area contributed by atoms with E-state index in [-0.39, 0.29) is 12.4 Å². The predicted molar refractivity (Wildman–Crippen MR) is 110 cm³/mol. The van der Waals surface area contributed by atoms with Crippen molar-refractivity contribution >= 4 is 16.9 Å². The molecule has 2 heterocycles. The van der Waals surface area contributed by atoms with Gasteiger partial charge in [0.05, 0.1) is 12.0 Å². The highest BCUT2D eigenvalue weighted by atomic mass is 16.3. The van der Waals surface area contributed by atoms with Gasteiger partial charge in [-0.25, -0.2) is 9.97 Å². The molecule has 0 bridgehead atoms. The quantitative estimate of drug-likeness (QED) is 0.495. The first-order valence-corrected chi connectivity index (χ1v) is 9.08. The van der Waals surface area contributed by atoms with E-state index >= 15 is 0 Å². The molecule has 0 spiro atoms. The Labute approximate surface area is 163 Å². The van der Waals surface area contributed by atoms with Gasteiger partial charge in [-0.05, 0) is 30.2 Å². The molecule has 0 aliphatic carbocycles. The molecule has 0 fully saturated rings. The number of hydrogen-bond acceptors (Lipinski definition) is 5. The number of aryl methyl sites for hydroxylation is 1. The van der Waals surface area contributed by atoms with Crippen LogP contribution in [0.5, 0.6) is 5.75 Å². The normalized spacial score (nSPS) is 11.1. The minimum Gasteiger partial charge on any atom is -0.508 e. The summed E-state index contributed by atoms with van der Waals surface area (Å²) in [5.41, 5.74) is 5.53. The van der Waals surface area contributed by atoms with E-state index in [2.05, 4.69) is 15.0 Å². The summed E-state index contributed by atoms with van der Waals surface area (Å²) < 4.78 is 0. The zero-order valence-corrected chi connectivity index (χ0v) is 15.8. The van der Waals surface area contributed by atoms with Crippen LogP contribution in [0.3, 0.4) is 0 Å². The van der Waals surface area contributed by atoms with Crippen molar-refractivity contribution in [3.05, 3.63) is 71.5 Å². The van der Waals surface area contributed by atoms with Crippen LogP contribution in [0.15, 0.2) is 54.9 Å². The second-order valence-corrected chi connectivity index (χ2v) is 6.99. The van der Waals surface area contributed by atoms with E-state index in [1.54, 1.807) is 12.4 Å². The molecular formula is C22H22N4O2. The number of H-pyrrole nitrogens is 1. The first-order chi connectivity index (χ1) is 13.5. The highest BCUT2D eigenvalue weighted by Gasteiger charge is 2.14. The third-order valence-corrected chi connectivity index (χ3v) is 4.86. The predicted octanol–water partition coefficient (Wildman–Crippen LogP) is 3.77. The Morgan fingerprint density at radius 2 is 1.82 bits per heavy atom. The number of aromatic hydroxyl groups is 1. The molecule has 142 valence electrons. The number of aromatic amines is 1. The summed E-state index contributed by atoms with van der Waals surface area (Å²) in [4.78, 5) is 14.2. The highest BCUT2D eigenvalue weighted by Crippen LogP contribution is 2.30. The number of aliphatic hydroxyl groups excluding tert-OH is 1. The van der Waals surface area contributed by atoms with Gasteiger partial charge in [0.15, 0.2) is 0 Å². The molecule has 0 saturated heterocycles. The van der Waals surface area contributed by atoms with Gasteiger partial charge < -0.3 is 20.1 Å². The van der Waals surface area contributed by atoms with Gasteiger partial charge in [0.2, 0.25) is 0 Å². The first kappa shape index (κ1) is 18.0. The average molecular weight is 374 g/mol. The molecule has 0 atom stereocenters. The monoisotopic (exact) mass is 374 g/mol. The van der Waals surface area contributed by atoms with Crippen molar-refractivity contribution in [3.8, 4) is 17.0 Å². The van der Waals surface area contributed by atoms with Crippen molar-refractivity contribution in [1.29, 1.82) is 0 Å². The second-order valence-electron chi connectivity index (χ2n) is 6.99. The van der Waals surface area contributed by atoms with Gasteiger partial charge in [-0.3, -0.25) is 0 Å². The molecule has 3 N–H and O–H groups in total. The van der Waals surface area contributed by atoms with Crippen molar-refractivity contribution in [3.63, 3.8) is 0 Å². The van der Waals surface area contributed by atoms with E-state index in [1.165, 1.54) is 0 Å². The van der Waals surface area contributed by atoms with E-state index in [4.69, 9.17) is 0 Å². The number of phenols is 1. The molecule has 0 amide bonds. The van der Waals surface area contributed by atoms with E-state index in [1.807, 2.05) is 61.3 Å². The molecule has 0 aliphatic rings. The molecule has 0 unspecified atom stereocenters. The summed E-state index contributed by atoms with van der Waals surface area (Å²) >= 11 is 0. The molecule has 28 heavy (non-hydrogen) atoms. The lowest BCUT2D eigenvalue weighted by molar-refractivity contribution is 0.282. The fourth-order valence-electron chi connectivity index (χ4n) is 3.35. The number of phenolic OH excluding ortho intramolecular Hbond substituents is 1. The molecule has 0 aliphatic heterocycles. The third kappa shape index (κ3) is 3.42. The summed E-state index contributed by atoms with van der Waals surface area (Å²) in [6.07, 6.45) is 1.54. The Morgan fingerprint density at radius 3 is 2.57 bits per heavy atom.